The Labute approximate surface area is 190 Å². The van der Waals surface area contributed by atoms with E-state index >= 15 is 0 Å². The van der Waals surface area contributed by atoms with E-state index in [4.69, 9.17) is 4.74 Å². The molecule has 0 aliphatic heterocycles. The van der Waals surface area contributed by atoms with Crippen molar-refractivity contribution in [2.24, 2.45) is 0 Å². The van der Waals surface area contributed by atoms with Crippen LogP contribution in [0.25, 0.3) is 5.69 Å². The summed E-state index contributed by atoms with van der Waals surface area (Å²) in [6.45, 7) is 1.88. The predicted octanol–water partition coefficient (Wildman–Crippen LogP) is 5.06. The van der Waals surface area contributed by atoms with Gasteiger partial charge in [0.05, 0.1) is 12.9 Å². The molecule has 0 aliphatic rings. The maximum atomic E-state index is 12.5. The Morgan fingerprint density at radius 3 is 2.25 bits per heavy atom. The average Bonchev–Trinajstić information content (AvgIpc) is 3.20. The Balaban J connectivity index is 1.35. The number of ether oxygens (including phenoxy) is 1. The summed E-state index contributed by atoms with van der Waals surface area (Å²) in [4.78, 5) is 12.5. The van der Waals surface area contributed by atoms with Gasteiger partial charge in [0.15, 0.2) is 5.16 Å². The normalized spacial score (nSPS) is 10.6. The van der Waals surface area contributed by atoms with Crippen molar-refractivity contribution in [3.63, 3.8) is 0 Å². The number of para-hydroxylation sites is 1. The van der Waals surface area contributed by atoms with Crippen LogP contribution < -0.4 is 15.4 Å². The molecular formula is C24H23N5O2S. The summed E-state index contributed by atoms with van der Waals surface area (Å²) in [5, 5.41) is 15.3. The molecule has 0 saturated heterocycles. The van der Waals surface area contributed by atoms with E-state index in [0.717, 1.165) is 34.3 Å². The molecule has 2 N–H and O–H groups in total. The number of thioether (sulfide) groups is 1. The number of nitrogens with zero attached hydrogens (tertiary/aromatic N) is 3. The summed E-state index contributed by atoms with van der Waals surface area (Å²) in [6, 6.07) is 25.2. The second-order valence-electron chi connectivity index (χ2n) is 6.97. The van der Waals surface area contributed by atoms with Crippen LogP contribution in [0.4, 0.5) is 17.1 Å². The largest absolute Gasteiger partial charge is 0.497 e. The molecule has 0 bridgehead atoms. The molecule has 32 heavy (non-hydrogen) atoms. The fourth-order valence-corrected chi connectivity index (χ4v) is 3.91. The maximum absolute atomic E-state index is 12.5. The second kappa shape index (κ2) is 10.0. The molecule has 1 aromatic heterocycles. The average molecular weight is 446 g/mol. The van der Waals surface area contributed by atoms with E-state index in [0.29, 0.717) is 5.16 Å². The number of benzene rings is 3. The number of amides is 1. The highest BCUT2D eigenvalue weighted by Crippen LogP contribution is 2.24. The van der Waals surface area contributed by atoms with Crippen molar-refractivity contribution in [2.45, 2.75) is 12.1 Å². The first kappa shape index (κ1) is 21.5. The molecule has 0 radical (unpaired) electrons. The Hall–Kier alpha value is -3.78. The van der Waals surface area contributed by atoms with Crippen LogP contribution in [0.15, 0.2) is 84.0 Å². The van der Waals surface area contributed by atoms with E-state index in [9.17, 15) is 4.79 Å². The number of anilines is 3. The van der Waals surface area contributed by atoms with Crippen molar-refractivity contribution in [3.05, 3.63) is 84.7 Å². The molecule has 0 atom stereocenters. The van der Waals surface area contributed by atoms with Crippen LogP contribution in [-0.2, 0) is 4.79 Å². The van der Waals surface area contributed by atoms with E-state index in [2.05, 4.69) is 20.8 Å². The first-order valence-electron chi connectivity index (χ1n) is 10.0. The molecule has 0 spiro atoms. The molecule has 7 nitrogen and oxygen atoms in total. The summed E-state index contributed by atoms with van der Waals surface area (Å²) in [5.41, 5.74) is 3.61. The van der Waals surface area contributed by atoms with Crippen LogP contribution in [0, 0.1) is 6.92 Å². The highest BCUT2D eigenvalue weighted by Gasteiger charge is 2.13. The van der Waals surface area contributed by atoms with E-state index in [1.165, 1.54) is 11.8 Å². The number of carbonyl (C=O) groups excluding carboxylic acids is 1. The van der Waals surface area contributed by atoms with Gasteiger partial charge in [-0.3, -0.25) is 9.36 Å². The number of rotatable bonds is 8. The number of aryl methyl sites for hydroxylation is 1. The van der Waals surface area contributed by atoms with Crippen molar-refractivity contribution >= 4 is 34.7 Å². The van der Waals surface area contributed by atoms with Crippen LogP contribution >= 0.6 is 11.8 Å². The lowest BCUT2D eigenvalue weighted by molar-refractivity contribution is -0.113. The zero-order valence-corrected chi connectivity index (χ0v) is 18.6. The Bertz CT molecular complexity index is 1180. The molecule has 0 unspecified atom stereocenters. The van der Waals surface area contributed by atoms with Gasteiger partial charge in [-0.2, -0.15) is 0 Å². The fraction of sp³-hybridized carbons (Fsp3) is 0.125. The molecule has 4 rings (SSSR count). The molecule has 0 aliphatic carbocycles. The van der Waals surface area contributed by atoms with Gasteiger partial charge in [0.1, 0.15) is 11.6 Å². The topological polar surface area (TPSA) is 81.1 Å². The summed E-state index contributed by atoms with van der Waals surface area (Å²) < 4.78 is 7.14. The number of aromatic nitrogens is 3. The standard InChI is InChI=1S/C24H23N5O2S/c1-17-27-28-24(29(17)21-12-14-22(31-2)15-13-21)32-16-23(30)26-20-10-8-19(9-11-20)25-18-6-4-3-5-7-18/h3-15,25H,16H2,1-2H3,(H,26,30). The molecule has 4 aromatic rings. The quantitative estimate of drug-likeness (QED) is 0.369. The van der Waals surface area contributed by atoms with Crippen molar-refractivity contribution in [3.8, 4) is 11.4 Å². The smallest absolute Gasteiger partial charge is 0.234 e. The molecule has 0 saturated carbocycles. The van der Waals surface area contributed by atoms with E-state index in [-0.39, 0.29) is 11.7 Å². The lowest BCUT2D eigenvalue weighted by Crippen LogP contribution is -2.14. The minimum absolute atomic E-state index is 0.110. The highest BCUT2D eigenvalue weighted by atomic mass is 32.2. The lowest BCUT2D eigenvalue weighted by atomic mass is 10.2. The number of nitrogens with one attached hydrogen (secondary N) is 2. The Kier molecular flexibility index (Phi) is 6.72. The zero-order chi connectivity index (χ0) is 22.3. The van der Waals surface area contributed by atoms with Gasteiger partial charge >= 0.3 is 0 Å². The maximum Gasteiger partial charge on any atom is 0.234 e. The molecule has 162 valence electrons. The molecule has 3 aromatic carbocycles. The highest BCUT2D eigenvalue weighted by molar-refractivity contribution is 7.99. The first-order valence-corrected chi connectivity index (χ1v) is 11.0. The third kappa shape index (κ3) is 5.28. The molecule has 8 heteroatoms. The zero-order valence-electron chi connectivity index (χ0n) is 17.8. The lowest BCUT2D eigenvalue weighted by Gasteiger charge is -2.10. The Morgan fingerprint density at radius 2 is 1.56 bits per heavy atom. The first-order chi connectivity index (χ1) is 15.6. The van der Waals surface area contributed by atoms with Gasteiger partial charge in [0, 0.05) is 22.7 Å². The molecular weight excluding hydrogens is 422 g/mol. The SMILES string of the molecule is COc1ccc(-n2c(C)nnc2SCC(=O)Nc2ccc(Nc3ccccc3)cc2)cc1. The van der Waals surface area contributed by atoms with Gasteiger partial charge in [-0.15, -0.1) is 10.2 Å². The van der Waals surface area contributed by atoms with Crippen LogP contribution in [0.5, 0.6) is 5.75 Å². The van der Waals surface area contributed by atoms with Crippen molar-refractivity contribution in [2.75, 3.05) is 23.5 Å². The summed E-state index contributed by atoms with van der Waals surface area (Å²) in [5.74, 6) is 1.64. The van der Waals surface area contributed by atoms with Gasteiger partial charge in [0.2, 0.25) is 5.91 Å². The second-order valence-corrected chi connectivity index (χ2v) is 7.91. The molecule has 1 heterocycles. The number of methoxy groups -OCH3 is 1. The third-order valence-electron chi connectivity index (χ3n) is 4.69. The summed E-state index contributed by atoms with van der Waals surface area (Å²) in [7, 11) is 1.63. The number of carbonyl (C=O) groups is 1. The monoisotopic (exact) mass is 445 g/mol. The fourth-order valence-electron chi connectivity index (χ4n) is 3.12. The Morgan fingerprint density at radius 1 is 0.906 bits per heavy atom. The van der Waals surface area contributed by atoms with Gasteiger partial charge in [-0.1, -0.05) is 30.0 Å². The van der Waals surface area contributed by atoms with E-state index in [1.54, 1.807) is 7.11 Å². The van der Waals surface area contributed by atoms with Gasteiger partial charge < -0.3 is 15.4 Å². The minimum atomic E-state index is -0.110. The van der Waals surface area contributed by atoms with E-state index < -0.39 is 0 Å². The van der Waals surface area contributed by atoms with Gasteiger partial charge in [0.25, 0.3) is 0 Å². The van der Waals surface area contributed by atoms with Crippen LogP contribution in [0.1, 0.15) is 5.82 Å². The number of hydrogen-bond donors (Lipinski definition) is 2. The third-order valence-corrected chi connectivity index (χ3v) is 5.62. The van der Waals surface area contributed by atoms with E-state index in [1.807, 2.05) is 90.4 Å². The van der Waals surface area contributed by atoms with Crippen LogP contribution in [-0.4, -0.2) is 33.5 Å². The molecule has 1 amide bonds. The molecule has 0 fully saturated rings. The van der Waals surface area contributed by atoms with Crippen molar-refractivity contribution in [1.82, 2.24) is 14.8 Å². The summed E-state index contributed by atoms with van der Waals surface area (Å²) in [6.07, 6.45) is 0. The van der Waals surface area contributed by atoms with Crippen molar-refractivity contribution in [1.29, 1.82) is 0 Å². The van der Waals surface area contributed by atoms with Crippen LogP contribution in [0.3, 0.4) is 0 Å². The van der Waals surface area contributed by atoms with Crippen LogP contribution in [0.2, 0.25) is 0 Å². The van der Waals surface area contributed by atoms with Gasteiger partial charge in [-0.25, -0.2) is 0 Å². The van der Waals surface area contributed by atoms with Crippen molar-refractivity contribution < 1.29 is 9.53 Å². The number of hydrogen-bond acceptors (Lipinski definition) is 6. The summed E-state index contributed by atoms with van der Waals surface area (Å²) >= 11 is 1.34. The minimum Gasteiger partial charge on any atom is -0.497 e. The van der Waals surface area contributed by atoms with Gasteiger partial charge in [-0.05, 0) is 67.6 Å². The predicted molar refractivity (Wildman–Crippen MR) is 128 cm³/mol.